The second kappa shape index (κ2) is 15.8. The van der Waals surface area contributed by atoms with E-state index in [0.717, 1.165) is 27.0 Å². The zero-order chi connectivity index (χ0) is 37.9. The van der Waals surface area contributed by atoms with E-state index in [-0.39, 0.29) is 12.1 Å². The molecule has 0 aliphatic carbocycles. The number of aliphatic imine (C=N–C) groups is 2. The molecule has 0 radical (unpaired) electrons. The molecular formula is C38H39BrCl2N8O4. The van der Waals surface area contributed by atoms with Gasteiger partial charge in [0.25, 0.3) is 0 Å². The number of pyridine rings is 2. The molecule has 53 heavy (non-hydrogen) atoms. The van der Waals surface area contributed by atoms with E-state index in [2.05, 4.69) is 41.8 Å². The number of halogens is 3. The van der Waals surface area contributed by atoms with Gasteiger partial charge in [0.05, 0.1) is 30.7 Å². The molecule has 2 aliphatic rings. The third-order valence-electron chi connectivity index (χ3n) is 8.54. The first kappa shape index (κ1) is 38.2. The zero-order valence-corrected chi connectivity index (χ0v) is 33.3. The van der Waals surface area contributed by atoms with Crippen LogP contribution in [0.2, 0.25) is 10.0 Å². The van der Waals surface area contributed by atoms with E-state index in [1.807, 2.05) is 118 Å². The van der Waals surface area contributed by atoms with E-state index in [0.29, 0.717) is 44.9 Å². The fraction of sp³-hybridized carbons (Fsp3) is 0.289. The lowest BCUT2D eigenvalue weighted by atomic mass is 9.92. The van der Waals surface area contributed by atoms with E-state index >= 15 is 0 Å². The van der Waals surface area contributed by atoms with Crippen molar-refractivity contribution in [2.45, 2.75) is 57.9 Å². The summed E-state index contributed by atoms with van der Waals surface area (Å²) in [4.78, 5) is 34.8. The van der Waals surface area contributed by atoms with Crippen LogP contribution in [0.4, 0.5) is 0 Å². The number of ether oxygens (including phenoxy) is 2. The predicted molar refractivity (Wildman–Crippen MR) is 209 cm³/mol. The van der Waals surface area contributed by atoms with Crippen LogP contribution in [0.5, 0.6) is 11.8 Å². The minimum atomic E-state index is -0.546. The molecule has 0 saturated carbocycles. The average molecular weight is 823 g/mol. The lowest BCUT2D eigenvalue weighted by molar-refractivity contribution is -0.0824. The molecule has 15 heteroatoms. The van der Waals surface area contributed by atoms with Crippen LogP contribution in [0, 0.1) is 6.92 Å². The van der Waals surface area contributed by atoms with E-state index in [9.17, 15) is 0 Å². The highest BCUT2D eigenvalue weighted by molar-refractivity contribution is 9.10. The van der Waals surface area contributed by atoms with E-state index in [4.69, 9.17) is 52.3 Å². The Morgan fingerprint density at radius 2 is 1.17 bits per heavy atom. The summed E-state index contributed by atoms with van der Waals surface area (Å²) < 4.78 is 13.4. The van der Waals surface area contributed by atoms with E-state index in [1.165, 1.54) is 0 Å². The molecule has 5 aromatic rings. The molecule has 2 N–H and O–H groups in total. The summed E-state index contributed by atoms with van der Waals surface area (Å²) in [5.74, 6) is 2.05. The van der Waals surface area contributed by atoms with Crippen molar-refractivity contribution in [2.24, 2.45) is 9.98 Å². The summed E-state index contributed by atoms with van der Waals surface area (Å²) in [6.45, 7) is 9.86. The topological polar surface area (TPSA) is 129 Å². The van der Waals surface area contributed by atoms with Gasteiger partial charge in [0.15, 0.2) is 11.7 Å². The normalized spacial score (nSPS) is 18.7. The Labute approximate surface area is 326 Å². The smallest absolute Gasteiger partial charge is 0.238 e. The Morgan fingerprint density at radius 1 is 0.698 bits per heavy atom. The van der Waals surface area contributed by atoms with E-state index in [1.54, 1.807) is 20.5 Å². The Balaban J connectivity index is 0.000000185. The number of aryl methyl sites for hydroxylation is 1. The number of rotatable bonds is 7. The van der Waals surface area contributed by atoms with Crippen molar-refractivity contribution in [2.75, 3.05) is 14.2 Å². The van der Waals surface area contributed by atoms with Crippen LogP contribution in [-0.4, -0.2) is 56.6 Å². The van der Waals surface area contributed by atoms with Gasteiger partial charge in [-0.05, 0) is 110 Å². The zero-order valence-electron chi connectivity index (χ0n) is 30.2. The summed E-state index contributed by atoms with van der Waals surface area (Å²) in [6.07, 6.45) is 3.64. The quantitative estimate of drug-likeness (QED) is 0.167. The maximum atomic E-state index is 6.04. The number of hydrogen-bond donors (Lipinski definition) is 2. The highest BCUT2D eigenvalue weighted by Crippen LogP contribution is 2.37. The van der Waals surface area contributed by atoms with Gasteiger partial charge >= 0.3 is 0 Å². The van der Waals surface area contributed by atoms with Crippen molar-refractivity contribution < 1.29 is 19.1 Å². The minimum absolute atomic E-state index is 0.192. The number of hydroxylamine groups is 2. The van der Waals surface area contributed by atoms with Crippen LogP contribution < -0.4 is 20.4 Å². The van der Waals surface area contributed by atoms with Crippen molar-refractivity contribution in [3.8, 4) is 17.4 Å². The Morgan fingerprint density at radius 3 is 1.62 bits per heavy atom. The highest BCUT2D eigenvalue weighted by Gasteiger charge is 2.38. The number of nitrogens with zero attached hydrogens (tertiary/aromatic N) is 6. The summed E-state index contributed by atoms with van der Waals surface area (Å²) in [5.41, 5.74) is 9.78. The van der Waals surface area contributed by atoms with Gasteiger partial charge in [0.1, 0.15) is 40.4 Å². The van der Waals surface area contributed by atoms with Crippen molar-refractivity contribution in [1.82, 2.24) is 30.5 Å². The minimum Gasteiger partial charge on any atom is -0.480 e. The summed E-state index contributed by atoms with van der Waals surface area (Å²) in [5, 5.41) is 1.37. The van der Waals surface area contributed by atoms with Crippen LogP contribution in [0.1, 0.15) is 68.0 Å². The molecule has 2 atom stereocenters. The van der Waals surface area contributed by atoms with Gasteiger partial charge in [-0.2, -0.15) is 0 Å². The summed E-state index contributed by atoms with van der Waals surface area (Å²) in [6, 6.07) is 22.3. The lowest BCUT2D eigenvalue weighted by Crippen LogP contribution is -2.45. The molecule has 12 nitrogen and oxygen atoms in total. The van der Waals surface area contributed by atoms with Crippen molar-refractivity contribution in [3.63, 3.8) is 0 Å². The number of imidazole rings is 1. The number of methoxy groups -OCH3 is 2. The van der Waals surface area contributed by atoms with Crippen LogP contribution in [0.25, 0.3) is 5.69 Å². The molecule has 5 heterocycles. The number of benzene rings is 2. The van der Waals surface area contributed by atoms with Crippen LogP contribution in [-0.2, 0) is 9.68 Å². The molecule has 3 aromatic heterocycles. The molecule has 2 unspecified atom stereocenters. The number of aromatic nitrogens is 4. The number of nitrogens with one attached hydrogen (secondary N) is 2. The van der Waals surface area contributed by atoms with Gasteiger partial charge in [0, 0.05) is 16.2 Å². The first-order chi connectivity index (χ1) is 25.3. The van der Waals surface area contributed by atoms with Crippen LogP contribution >= 0.6 is 39.1 Å². The molecule has 0 fully saturated rings. The molecule has 2 aromatic carbocycles. The molecular weight excluding hydrogens is 783 g/mol. The van der Waals surface area contributed by atoms with Gasteiger partial charge < -0.3 is 14.0 Å². The molecule has 0 saturated heterocycles. The van der Waals surface area contributed by atoms with Crippen molar-refractivity contribution in [3.05, 3.63) is 128 Å². The van der Waals surface area contributed by atoms with Gasteiger partial charge in [0.2, 0.25) is 11.8 Å². The summed E-state index contributed by atoms with van der Waals surface area (Å²) in [7, 11) is 3.16. The maximum Gasteiger partial charge on any atom is 0.238 e. The maximum absolute atomic E-state index is 6.04. The van der Waals surface area contributed by atoms with Gasteiger partial charge in [-0.25, -0.2) is 25.9 Å². The SMILES string of the molecule is COc1nc(C2=NC(c3ccc(Cl)cc3)C(C)(C)ON2)ccc1-n1cnc(C)c1.COc1nc(C2=NC(c3ccc(Cl)cc3)C(C)(C)ON2)ccc1Br. The second-order valence-electron chi connectivity index (χ2n) is 13.3. The molecule has 0 bridgehead atoms. The molecule has 2 aliphatic heterocycles. The Hall–Kier alpha value is -4.53. The fourth-order valence-electron chi connectivity index (χ4n) is 5.74. The first-order valence-electron chi connectivity index (χ1n) is 16.6. The largest absolute Gasteiger partial charge is 0.480 e. The highest BCUT2D eigenvalue weighted by atomic mass is 79.9. The molecule has 0 spiro atoms. The monoisotopic (exact) mass is 820 g/mol. The second-order valence-corrected chi connectivity index (χ2v) is 15.0. The predicted octanol–water partition coefficient (Wildman–Crippen LogP) is 8.35. The van der Waals surface area contributed by atoms with Crippen LogP contribution in [0.15, 0.2) is 99.8 Å². The van der Waals surface area contributed by atoms with Crippen LogP contribution in [0.3, 0.4) is 0 Å². The van der Waals surface area contributed by atoms with Crippen molar-refractivity contribution >= 4 is 50.8 Å². The molecule has 0 amide bonds. The van der Waals surface area contributed by atoms with Gasteiger partial charge in [-0.15, -0.1) is 0 Å². The Bertz CT molecular complexity index is 2140. The van der Waals surface area contributed by atoms with Gasteiger partial charge in [-0.1, -0.05) is 47.5 Å². The van der Waals surface area contributed by atoms with E-state index < -0.39 is 11.2 Å². The van der Waals surface area contributed by atoms with Crippen molar-refractivity contribution in [1.29, 1.82) is 0 Å². The number of hydrogen-bond acceptors (Lipinski definition) is 11. The summed E-state index contributed by atoms with van der Waals surface area (Å²) >= 11 is 15.4. The Kier molecular flexibility index (Phi) is 11.4. The fourth-order valence-corrected chi connectivity index (χ4v) is 6.37. The molecule has 276 valence electrons. The standard InChI is InChI=1S/C21H22ClN5O2.C17H17BrClN3O2/c1-13-11-27(12-23-13)17-10-9-16(24-20(17)28-4)19-25-18(21(2,3)29-26-19)14-5-7-15(22)8-6-14;1-17(2)14(10-4-6-11(19)7-5-10)21-15(22-24-17)13-9-8-12(18)16(20-13)23-3/h5-12,18H,1-4H3,(H,25,26);4-9,14H,1-3H3,(H,21,22). The third kappa shape index (κ3) is 8.66. The average Bonchev–Trinajstić information content (AvgIpc) is 3.58. The lowest BCUT2D eigenvalue weighted by Gasteiger charge is -2.36. The third-order valence-corrected chi connectivity index (χ3v) is 9.65. The molecule has 7 rings (SSSR count). The first-order valence-corrected chi connectivity index (χ1v) is 18.1. The number of amidine groups is 2. The van der Waals surface area contributed by atoms with Gasteiger partial charge in [-0.3, -0.25) is 19.7 Å².